The fourth-order valence-corrected chi connectivity index (χ4v) is 2.74. The molecule has 3 nitrogen and oxygen atoms in total. The molecule has 0 radical (unpaired) electrons. The van der Waals surface area contributed by atoms with Gasteiger partial charge in [-0.2, -0.15) is 0 Å². The third-order valence-electron chi connectivity index (χ3n) is 4.09. The number of hydrogen-bond acceptors (Lipinski definition) is 3. The van der Waals surface area contributed by atoms with E-state index in [1.54, 1.807) is 0 Å². The molecule has 20 heavy (non-hydrogen) atoms. The van der Waals surface area contributed by atoms with E-state index in [1.807, 2.05) is 13.1 Å². The molecule has 1 heterocycles. The van der Waals surface area contributed by atoms with Gasteiger partial charge >= 0.3 is 0 Å². The van der Waals surface area contributed by atoms with E-state index in [1.165, 1.54) is 31.2 Å². The summed E-state index contributed by atoms with van der Waals surface area (Å²) >= 11 is 0. The molecule has 0 spiro atoms. The maximum atomic E-state index is 6.33. The molecule has 1 saturated carbocycles. The summed E-state index contributed by atoms with van der Waals surface area (Å²) in [6, 6.07) is 2.55. The van der Waals surface area contributed by atoms with Crippen LogP contribution in [0.15, 0.2) is 12.3 Å². The molecule has 2 unspecified atom stereocenters. The molecule has 1 aromatic heterocycles. The predicted octanol–water partition coefficient (Wildman–Crippen LogP) is 3.85. The molecule has 0 saturated heterocycles. The largest absolute Gasteiger partial charge is 0.490 e. The lowest BCUT2D eigenvalue weighted by molar-refractivity contribution is 0.101. The number of ether oxygens (including phenoxy) is 1. The average Bonchev–Trinajstić information content (AvgIpc) is 2.40. The minimum Gasteiger partial charge on any atom is -0.490 e. The lowest BCUT2D eigenvalue weighted by atomic mass is 9.88. The van der Waals surface area contributed by atoms with Gasteiger partial charge < -0.3 is 10.1 Å². The van der Waals surface area contributed by atoms with Gasteiger partial charge in [-0.15, -0.1) is 0 Å². The predicted molar refractivity (Wildman–Crippen MR) is 83.0 cm³/mol. The molecule has 0 aromatic carbocycles. The standard InChI is InChI=1S/C17H28N2O/c1-12(2)18-10-15-11-19-14(4)9-17(15)20-16-8-6-5-7-13(16)3/h9,11-13,16,18H,5-8,10H2,1-4H3. The van der Waals surface area contributed by atoms with Crippen molar-refractivity contribution in [2.75, 3.05) is 0 Å². The van der Waals surface area contributed by atoms with Crippen molar-refractivity contribution in [2.24, 2.45) is 5.92 Å². The Bertz CT molecular complexity index is 431. The van der Waals surface area contributed by atoms with Gasteiger partial charge in [0.2, 0.25) is 0 Å². The number of rotatable bonds is 5. The second kappa shape index (κ2) is 7.07. The van der Waals surface area contributed by atoms with Crippen LogP contribution in [0.3, 0.4) is 0 Å². The van der Waals surface area contributed by atoms with E-state index in [4.69, 9.17) is 4.74 Å². The zero-order valence-corrected chi connectivity index (χ0v) is 13.3. The van der Waals surface area contributed by atoms with Crippen LogP contribution in [-0.2, 0) is 6.54 Å². The van der Waals surface area contributed by atoms with Crippen LogP contribution < -0.4 is 10.1 Å². The highest BCUT2D eigenvalue weighted by molar-refractivity contribution is 5.33. The van der Waals surface area contributed by atoms with Crippen LogP contribution in [0.4, 0.5) is 0 Å². The molecule has 3 heteroatoms. The molecule has 1 aromatic rings. The van der Waals surface area contributed by atoms with Crippen LogP contribution in [0.2, 0.25) is 0 Å². The van der Waals surface area contributed by atoms with E-state index in [-0.39, 0.29) is 0 Å². The molecule has 112 valence electrons. The summed E-state index contributed by atoms with van der Waals surface area (Å²) in [6.07, 6.45) is 7.42. The zero-order valence-electron chi connectivity index (χ0n) is 13.3. The van der Waals surface area contributed by atoms with Crippen molar-refractivity contribution < 1.29 is 4.74 Å². The van der Waals surface area contributed by atoms with Crippen LogP contribution in [-0.4, -0.2) is 17.1 Å². The molecule has 0 aliphatic heterocycles. The van der Waals surface area contributed by atoms with Gasteiger partial charge in [0.25, 0.3) is 0 Å². The van der Waals surface area contributed by atoms with Crippen LogP contribution in [0.25, 0.3) is 0 Å². The van der Waals surface area contributed by atoms with Crippen molar-refractivity contribution in [1.82, 2.24) is 10.3 Å². The number of nitrogens with one attached hydrogen (secondary N) is 1. The summed E-state index contributed by atoms with van der Waals surface area (Å²) in [7, 11) is 0. The maximum Gasteiger partial charge on any atom is 0.127 e. The van der Waals surface area contributed by atoms with Gasteiger partial charge in [0.15, 0.2) is 0 Å². The number of nitrogens with zero attached hydrogens (tertiary/aromatic N) is 1. The Hall–Kier alpha value is -1.09. The highest BCUT2D eigenvalue weighted by atomic mass is 16.5. The Morgan fingerprint density at radius 3 is 2.80 bits per heavy atom. The highest BCUT2D eigenvalue weighted by Crippen LogP contribution is 2.29. The molecular formula is C17H28N2O. The number of pyridine rings is 1. The van der Waals surface area contributed by atoms with Gasteiger partial charge in [0.05, 0.1) is 0 Å². The van der Waals surface area contributed by atoms with Crippen LogP contribution in [0.1, 0.15) is 57.7 Å². The Labute approximate surface area is 123 Å². The minimum atomic E-state index is 0.364. The summed E-state index contributed by atoms with van der Waals surface area (Å²) in [5.74, 6) is 1.67. The number of aryl methyl sites for hydroxylation is 1. The molecule has 2 rings (SSSR count). The number of aromatic nitrogens is 1. The van der Waals surface area contributed by atoms with E-state index in [2.05, 4.69) is 37.1 Å². The maximum absolute atomic E-state index is 6.33. The summed E-state index contributed by atoms with van der Waals surface area (Å²) in [5, 5.41) is 3.45. The summed E-state index contributed by atoms with van der Waals surface area (Å²) in [4.78, 5) is 4.41. The lowest BCUT2D eigenvalue weighted by Crippen LogP contribution is -2.29. The SMILES string of the molecule is Cc1cc(OC2CCCCC2C)c(CNC(C)C)cn1. The molecular weight excluding hydrogens is 248 g/mol. The first-order chi connectivity index (χ1) is 9.56. The fraction of sp³-hybridized carbons (Fsp3) is 0.706. The molecule has 2 atom stereocenters. The molecule has 1 N–H and O–H groups in total. The van der Waals surface area contributed by atoms with E-state index < -0.39 is 0 Å². The molecule has 1 aliphatic rings. The Morgan fingerprint density at radius 2 is 2.10 bits per heavy atom. The molecule has 0 bridgehead atoms. The third-order valence-corrected chi connectivity index (χ3v) is 4.09. The quantitative estimate of drug-likeness (QED) is 0.887. The summed E-state index contributed by atoms with van der Waals surface area (Å²) < 4.78 is 6.33. The Kier molecular flexibility index (Phi) is 5.41. The first kappa shape index (κ1) is 15.3. The van der Waals surface area contributed by atoms with Gasteiger partial charge in [-0.25, -0.2) is 0 Å². The van der Waals surface area contributed by atoms with Crippen LogP contribution in [0.5, 0.6) is 5.75 Å². The summed E-state index contributed by atoms with van der Waals surface area (Å²) in [6.45, 7) is 9.47. The van der Waals surface area contributed by atoms with E-state index in [0.29, 0.717) is 18.1 Å². The van der Waals surface area contributed by atoms with Crippen LogP contribution in [0, 0.1) is 12.8 Å². The van der Waals surface area contributed by atoms with Crippen LogP contribution >= 0.6 is 0 Å². The van der Waals surface area contributed by atoms with Gasteiger partial charge in [-0.3, -0.25) is 4.98 Å². The Balaban J connectivity index is 2.09. The van der Waals surface area contributed by atoms with Crippen molar-refractivity contribution in [2.45, 2.75) is 72.1 Å². The van der Waals surface area contributed by atoms with Gasteiger partial charge in [-0.1, -0.05) is 27.2 Å². The lowest BCUT2D eigenvalue weighted by Gasteiger charge is -2.30. The van der Waals surface area contributed by atoms with E-state index in [9.17, 15) is 0 Å². The topological polar surface area (TPSA) is 34.1 Å². The van der Waals surface area contributed by atoms with Crippen molar-refractivity contribution in [3.05, 3.63) is 23.5 Å². The molecule has 0 amide bonds. The molecule has 1 aliphatic carbocycles. The highest BCUT2D eigenvalue weighted by Gasteiger charge is 2.23. The first-order valence-electron chi connectivity index (χ1n) is 7.92. The van der Waals surface area contributed by atoms with Crippen molar-refractivity contribution in [3.8, 4) is 5.75 Å². The van der Waals surface area contributed by atoms with E-state index >= 15 is 0 Å². The van der Waals surface area contributed by atoms with Gasteiger partial charge in [-0.05, 0) is 32.1 Å². The van der Waals surface area contributed by atoms with Gasteiger partial charge in [0.1, 0.15) is 11.9 Å². The van der Waals surface area contributed by atoms with Crippen molar-refractivity contribution >= 4 is 0 Å². The minimum absolute atomic E-state index is 0.364. The fourth-order valence-electron chi connectivity index (χ4n) is 2.74. The monoisotopic (exact) mass is 276 g/mol. The van der Waals surface area contributed by atoms with Gasteiger partial charge in [0, 0.05) is 36.1 Å². The third kappa shape index (κ3) is 4.20. The second-order valence-corrected chi connectivity index (χ2v) is 6.39. The smallest absolute Gasteiger partial charge is 0.127 e. The number of hydrogen-bond donors (Lipinski definition) is 1. The average molecular weight is 276 g/mol. The van der Waals surface area contributed by atoms with Crippen molar-refractivity contribution in [1.29, 1.82) is 0 Å². The first-order valence-corrected chi connectivity index (χ1v) is 7.92. The van der Waals surface area contributed by atoms with E-state index in [0.717, 1.165) is 18.0 Å². The molecule has 1 fully saturated rings. The normalized spacial score (nSPS) is 23.1. The second-order valence-electron chi connectivity index (χ2n) is 6.39. The summed E-state index contributed by atoms with van der Waals surface area (Å²) in [5.41, 5.74) is 2.19. The Morgan fingerprint density at radius 1 is 1.35 bits per heavy atom. The zero-order chi connectivity index (χ0) is 14.5. The van der Waals surface area contributed by atoms with Crippen molar-refractivity contribution in [3.63, 3.8) is 0 Å².